The van der Waals surface area contributed by atoms with Crippen LogP contribution in [0.5, 0.6) is 0 Å². The zero-order valence-corrected chi connectivity index (χ0v) is 10.6. The second kappa shape index (κ2) is 6.50. The van der Waals surface area contributed by atoms with E-state index in [4.69, 9.17) is 5.11 Å². The monoisotopic (exact) mass is 248 g/mol. The molecule has 0 aromatic carbocycles. The van der Waals surface area contributed by atoms with Crippen molar-refractivity contribution in [3.63, 3.8) is 0 Å². The second-order valence-electron chi connectivity index (χ2n) is 4.87. The fraction of sp³-hybridized carbons (Fsp3) is 0.571. The van der Waals surface area contributed by atoms with Gasteiger partial charge in [0.1, 0.15) is 0 Å². The summed E-state index contributed by atoms with van der Waals surface area (Å²) in [6.45, 7) is 0.936. The van der Waals surface area contributed by atoms with E-state index >= 15 is 0 Å². The molecule has 0 radical (unpaired) electrons. The Morgan fingerprint density at radius 2 is 2.17 bits per heavy atom. The standard InChI is InChI=1S/C14H20N2O2/c17-14(18)11-16(13-6-1-2-7-13)10-8-12-5-3-4-9-15-12/h3-5,9,13H,1-2,6-8,10-11H2,(H,17,18). The Morgan fingerprint density at radius 1 is 1.39 bits per heavy atom. The van der Waals surface area contributed by atoms with Gasteiger partial charge in [-0.05, 0) is 25.0 Å². The van der Waals surface area contributed by atoms with Crippen LogP contribution in [0.4, 0.5) is 0 Å². The van der Waals surface area contributed by atoms with Crippen LogP contribution in [0.15, 0.2) is 24.4 Å². The van der Waals surface area contributed by atoms with Gasteiger partial charge in [-0.15, -0.1) is 0 Å². The number of pyridine rings is 1. The normalized spacial score (nSPS) is 16.3. The van der Waals surface area contributed by atoms with E-state index in [1.165, 1.54) is 12.8 Å². The predicted octanol–water partition coefficient (Wildman–Crippen LogP) is 1.95. The van der Waals surface area contributed by atoms with Gasteiger partial charge in [0.15, 0.2) is 0 Å². The van der Waals surface area contributed by atoms with Crippen LogP contribution < -0.4 is 0 Å². The largest absolute Gasteiger partial charge is 0.480 e. The van der Waals surface area contributed by atoms with Crippen LogP contribution in [0.3, 0.4) is 0 Å². The van der Waals surface area contributed by atoms with Crippen molar-refractivity contribution in [1.82, 2.24) is 9.88 Å². The van der Waals surface area contributed by atoms with E-state index in [2.05, 4.69) is 9.88 Å². The number of carboxylic acid groups (broad SMARTS) is 1. The second-order valence-corrected chi connectivity index (χ2v) is 4.87. The first-order valence-corrected chi connectivity index (χ1v) is 6.61. The number of rotatable bonds is 6. The number of carbonyl (C=O) groups is 1. The number of nitrogens with zero attached hydrogens (tertiary/aromatic N) is 2. The van der Waals surface area contributed by atoms with Gasteiger partial charge >= 0.3 is 5.97 Å². The van der Waals surface area contributed by atoms with Crippen LogP contribution in [0.2, 0.25) is 0 Å². The minimum absolute atomic E-state index is 0.150. The third-order valence-corrected chi connectivity index (χ3v) is 3.56. The fourth-order valence-electron chi connectivity index (χ4n) is 2.64. The van der Waals surface area contributed by atoms with E-state index in [9.17, 15) is 4.79 Å². The molecule has 1 aliphatic carbocycles. The highest BCUT2D eigenvalue weighted by Gasteiger charge is 2.23. The summed E-state index contributed by atoms with van der Waals surface area (Å²) in [6, 6.07) is 6.31. The average molecular weight is 248 g/mol. The van der Waals surface area contributed by atoms with Gasteiger partial charge in [0.2, 0.25) is 0 Å². The summed E-state index contributed by atoms with van der Waals surface area (Å²) in [4.78, 5) is 17.3. The van der Waals surface area contributed by atoms with Gasteiger partial charge in [-0.1, -0.05) is 18.9 Å². The summed E-state index contributed by atoms with van der Waals surface area (Å²) in [6.07, 6.45) is 7.33. The topological polar surface area (TPSA) is 53.4 Å². The zero-order valence-electron chi connectivity index (χ0n) is 10.6. The van der Waals surface area contributed by atoms with Crippen molar-refractivity contribution in [2.45, 2.75) is 38.1 Å². The summed E-state index contributed by atoms with van der Waals surface area (Å²) in [5, 5.41) is 8.98. The van der Waals surface area contributed by atoms with Crippen molar-refractivity contribution in [3.8, 4) is 0 Å². The quantitative estimate of drug-likeness (QED) is 0.836. The highest BCUT2D eigenvalue weighted by atomic mass is 16.4. The molecule has 0 bridgehead atoms. The third kappa shape index (κ3) is 3.81. The molecule has 98 valence electrons. The molecule has 1 heterocycles. The Labute approximate surface area is 108 Å². The SMILES string of the molecule is O=C(O)CN(CCc1ccccn1)C1CCCC1. The zero-order chi connectivity index (χ0) is 12.8. The van der Waals surface area contributed by atoms with Crippen molar-refractivity contribution in [2.75, 3.05) is 13.1 Å². The van der Waals surface area contributed by atoms with Gasteiger partial charge in [0.05, 0.1) is 6.54 Å². The molecule has 0 spiro atoms. The van der Waals surface area contributed by atoms with Crippen molar-refractivity contribution in [3.05, 3.63) is 30.1 Å². The maximum absolute atomic E-state index is 10.9. The Bertz CT molecular complexity index is 375. The lowest BCUT2D eigenvalue weighted by molar-refractivity contribution is -0.138. The van der Waals surface area contributed by atoms with Crippen molar-refractivity contribution >= 4 is 5.97 Å². The summed E-state index contributed by atoms with van der Waals surface area (Å²) >= 11 is 0. The van der Waals surface area contributed by atoms with Crippen LogP contribution in [0, 0.1) is 0 Å². The lowest BCUT2D eigenvalue weighted by Crippen LogP contribution is -2.39. The molecule has 0 saturated heterocycles. The van der Waals surface area contributed by atoms with Crippen LogP contribution >= 0.6 is 0 Å². The van der Waals surface area contributed by atoms with Gasteiger partial charge in [0.25, 0.3) is 0 Å². The van der Waals surface area contributed by atoms with Crippen LogP contribution in [0.25, 0.3) is 0 Å². The summed E-state index contributed by atoms with van der Waals surface area (Å²) in [5.74, 6) is -0.733. The first-order chi connectivity index (χ1) is 8.75. The Morgan fingerprint density at radius 3 is 2.78 bits per heavy atom. The number of carboxylic acids is 1. The molecular weight excluding hydrogens is 228 g/mol. The van der Waals surface area contributed by atoms with Gasteiger partial charge < -0.3 is 5.11 Å². The molecule has 0 aliphatic heterocycles. The first-order valence-electron chi connectivity index (χ1n) is 6.61. The maximum Gasteiger partial charge on any atom is 0.317 e. The minimum atomic E-state index is -0.733. The van der Waals surface area contributed by atoms with E-state index in [0.717, 1.165) is 31.5 Å². The lowest BCUT2D eigenvalue weighted by atomic mass is 10.2. The smallest absolute Gasteiger partial charge is 0.317 e. The molecule has 1 aliphatic rings. The summed E-state index contributed by atoms with van der Waals surface area (Å²) < 4.78 is 0. The van der Waals surface area contributed by atoms with Gasteiger partial charge in [0, 0.05) is 30.9 Å². The first kappa shape index (κ1) is 13.0. The maximum atomic E-state index is 10.9. The molecule has 1 fully saturated rings. The van der Waals surface area contributed by atoms with E-state index in [1.54, 1.807) is 6.20 Å². The molecular formula is C14H20N2O2. The number of aliphatic carboxylic acids is 1. The molecule has 0 unspecified atom stereocenters. The summed E-state index contributed by atoms with van der Waals surface area (Å²) in [7, 11) is 0. The van der Waals surface area contributed by atoms with E-state index < -0.39 is 5.97 Å². The third-order valence-electron chi connectivity index (χ3n) is 3.56. The molecule has 1 aromatic rings. The number of hydrogen-bond acceptors (Lipinski definition) is 3. The molecule has 1 N–H and O–H groups in total. The Balaban J connectivity index is 1.90. The molecule has 1 aromatic heterocycles. The van der Waals surface area contributed by atoms with E-state index in [-0.39, 0.29) is 6.54 Å². The van der Waals surface area contributed by atoms with Crippen molar-refractivity contribution in [1.29, 1.82) is 0 Å². The Hall–Kier alpha value is -1.42. The molecule has 1 saturated carbocycles. The van der Waals surface area contributed by atoms with Crippen LogP contribution in [-0.4, -0.2) is 40.1 Å². The van der Waals surface area contributed by atoms with Gasteiger partial charge in [-0.3, -0.25) is 14.7 Å². The van der Waals surface area contributed by atoms with Gasteiger partial charge in [-0.2, -0.15) is 0 Å². The molecule has 4 nitrogen and oxygen atoms in total. The molecule has 0 atom stereocenters. The molecule has 18 heavy (non-hydrogen) atoms. The van der Waals surface area contributed by atoms with Crippen molar-refractivity contribution in [2.24, 2.45) is 0 Å². The van der Waals surface area contributed by atoms with E-state index in [0.29, 0.717) is 6.04 Å². The van der Waals surface area contributed by atoms with Crippen LogP contribution in [0.1, 0.15) is 31.4 Å². The predicted molar refractivity (Wildman–Crippen MR) is 69.4 cm³/mol. The minimum Gasteiger partial charge on any atom is -0.480 e. The molecule has 4 heteroatoms. The van der Waals surface area contributed by atoms with Crippen molar-refractivity contribution < 1.29 is 9.90 Å². The Kier molecular flexibility index (Phi) is 4.70. The highest BCUT2D eigenvalue weighted by Crippen LogP contribution is 2.23. The molecule has 0 amide bonds. The average Bonchev–Trinajstić information content (AvgIpc) is 2.89. The molecule has 2 rings (SSSR count). The fourth-order valence-corrected chi connectivity index (χ4v) is 2.64. The van der Waals surface area contributed by atoms with Crippen LogP contribution in [-0.2, 0) is 11.2 Å². The number of hydrogen-bond donors (Lipinski definition) is 1. The lowest BCUT2D eigenvalue weighted by Gasteiger charge is -2.26. The highest BCUT2D eigenvalue weighted by molar-refractivity contribution is 5.69. The summed E-state index contributed by atoms with van der Waals surface area (Å²) in [5.41, 5.74) is 1.03. The number of aromatic nitrogens is 1. The van der Waals surface area contributed by atoms with E-state index in [1.807, 2.05) is 18.2 Å². The van der Waals surface area contributed by atoms with Gasteiger partial charge in [-0.25, -0.2) is 0 Å².